The molecule has 0 aliphatic carbocycles. The molecule has 2 aromatic heterocycles. The molecule has 0 saturated heterocycles. The van der Waals surface area contributed by atoms with Gasteiger partial charge in [0.05, 0.1) is 0 Å². The Morgan fingerprint density at radius 1 is 0.262 bits per heavy atom. The second kappa shape index (κ2) is 14.3. The van der Waals surface area contributed by atoms with Crippen LogP contribution in [0.3, 0.4) is 0 Å². The molecule has 0 fully saturated rings. The van der Waals surface area contributed by atoms with Crippen LogP contribution in [0.2, 0.25) is 0 Å². The van der Waals surface area contributed by atoms with Crippen molar-refractivity contribution in [3.05, 3.63) is 212 Å². The van der Waals surface area contributed by atoms with Gasteiger partial charge in [-0.1, -0.05) is 182 Å². The molecule has 4 nitrogen and oxygen atoms in total. The summed E-state index contributed by atoms with van der Waals surface area (Å²) in [4.78, 5) is 15.4. The van der Waals surface area contributed by atoms with Gasteiger partial charge < -0.3 is 4.42 Å². The van der Waals surface area contributed by atoms with Crippen molar-refractivity contribution in [3.8, 4) is 67.5 Å². The molecule has 0 N–H and O–H groups in total. The van der Waals surface area contributed by atoms with E-state index in [0.29, 0.717) is 17.5 Å². The quantitative estimate of drug-likeness (QED) is 0.158. The first-order valence-electron chi connectivity index (χ1n) is 20.6. The van der Waals surface area contributed by atoms with Gasteiger partial charge in [0.2, 0.25) is 0 Å². The molecule has 0 atom stereocenters. The summed E-state index contributed by atoms with van der Waals surface area (Å²) < 4.78 is 6.45. The molecule has 61 heavy (non-hydrogen) atoms. The van der Waals surface area contributed by atoms with Gasteiger partial charge in [0.15, 0.2) is 17.5 Å². The molecule has 0 saturated carbocycles. The minimum absolute atomic E-state index is 0.616. The molecule has 0 amide bonds. The maximum atomic E-state index is 6.45. The number of hydrogen-bond acceptors (Lipinski definition) is 4. The van der Waals surface area contributed by atoms with Crippen LogP contribution in [0.1, 0.15) is 0 Å². The Kier molecular flexibility index (Phi) is 8.13. The number of furan rings is 1. The maximum absolute atomic E-state index is 6.45. The zero-order valence-corrected chi connectivity index (χ0v) is 33.0. The van der Waals surface area contributed by atoms with Crippen LogP contribution in [0.5, 0.6) is 0 Å². The van der Waals surface area contributed by atoms with E-state index in [4.69, 9.17) is 19.4 Å². The zero-order chi connectivity index (χ0) is 40.3. The van der Waals surface area contributed by atoms with Crippen molar-refractivity contribution in [2.45, 2.75) is 0 Å². The molecule has 12 aromatic rings. The Labute approximate surface area is 352 Å². The summed E-state index contributed by atoms with van der Waals surface area (Å²) in [6.07, 6.45) is 0. The van der Waals surface area contributed by atoms with Crippen molar-refractivity contribution in [2.24, 2.45) is 0 Å². The summed E-state index contributed by atoms with van der Waals surface area (Å²) in [5.74, 6) is 1.87. The molecule has 0 aliphatic heterocycles. The predicted molar refractivity (Wildman–Crippen MR) is 252 cm³/mol. The highest BCUT2D eigenvalue weighted by Crippen LogP contribution is 2.39. The van der Waals surface area contributed by atoms with Crippen molar-refractivity contribution >= 4 is 54.3 Å². The standard InChI is InChI=1S/C57H35N3O/c1-2-10-39(11-3-1)50-15-8-16-52-54(50)51-32-29-45(35-53(51)61-52)38-19-25-42(26-20-38)56-58-55(41-23-17-37(18-24-41)44-27-21-36-9-4-5-13-43(36)33-44)59-57(60-56)47-30-31-49-46(34-47)28-22-40-12-6-7-14-48(40)49/h1-35H. The molecular formula is C57H35N3O. The zero-order valence-electron chi connectivity index (χ0n) is 33.0. The predicted octanol–water partition coefficient (Wildman–Crippen LogP) is 15.2. The largest absolute Gasteiger partial charge is 0.456 e. The molecule has 0 aliphatic rings. The molecule has 0 unspecified atom stereocenters. The van der Waals surface area contributed by atoms with Gasteiger partial charge in [-0.2, -0.15) is 0 Å². The Hall–Kier alpha value is -8.21. The Balaban J connectivity index is 0.928. The van der Waals surface area contributed by atoms with Crippen LogP contribution in [0.25, 0.3) is 122 Å². The van der Waals surface area contributed by atoms with E-state index in [-0.39, 0.29) is 0 Å². The van der Waals surface area contributed by atoms with Crippen LogP contribution in [0.4, 0.5) is 0 Å². The third kappa shape index (κ3) is 6.21. The van der Waals surface area contributed by atoms with Crippen LogP contribution >= 0.6 is 0 Å². The molecular weight excluding hydrogens is 743 g/mol. The second-order valence-electron chi connectivity index (χ2n) is 15.6. The fourth-order valence-corrected chi connectivity index (χ4v) is 8.77. The van der Waals surface area contributed by atoms with E-state index in [1.165, 1.54) is 43.6 Å². The molecule has 0 radical (unpaired) electrons. The number of fused-ring (bicyclic) bond motifs is 7. The monoisotopic (exact) mass is 777 g/mol. The van der Waals surface area contributed by atoms with Gasteiger partial charge in [0, 0.05) is 27.5 Å². The normalized spacial score (nSPS) is 11.6. The van der Waals surface area contributed by atoms with Gasteiger partial charge in [-0.3, -0.25) is 0 Å². The summed E-state index contributed by atoms with van der Waals surface area (Å²) >= 11 is 0. The number of rotatable bonds is 6. The Morgan fingerprint density at radius 2 is 0.770 bits per heavy atom. The van der Waals surface area contributed by atoms with Crippen molar-refractivity contribution < 1.29 is 4.42 Å². The third-order valence-corrected chi connectivity index (χ3v) is 11.9. The van der Waals surface area contributed by atoms with Gasteiger partial charge >= 0.3 is 0 Å². The lowest BCUT2D eigenvalue weighted by Gasteiger charge is -2.11. The fourth-order valence-electron chi connectivity index (χ4n) is 8.77. The minimum atomic E-state index is 0.616. The summed E-state index contributed by atoms with van der Waals surface area (Å²) in [6, 6.07) is 74.7. The summed E-state index contributed by atoms with van der Waals surface area (Å²) in [5.41, 5.74) is 11.3. The summed E-state index contributed by atoms with van der Waals surface area (Å²) in [7, 11) is 0. The molecule has 284 valence electrons. The number of aromatic nitrogens is 3. The first-order valence-corrected chi connectivity index (χ1v) is 20.6. The van der Waals surface area contributed by atoms with E-state index < -0.39 is 0 Å². The summed E-state index contributed by atoms with van der Waals surface area (Å²) in [5, 5.41) is 9.48. The van der Waals surface area contributed by atoms with Crippen LogP contribution < -0.4 is 0 Å². The van der Waals surface area contributed by atoms with Gasteiger partial charge in [-0.15, -0.1) is 0 Å². The fraction of sp³-hybridized carbons (Fsp3) is 0. The molecule has 10 aromatic carbocycles. The van der Waals surface area contributed by atoms with Crippen LogP contribution in [0, 0.1) is 0 Å². The lowest BCUT2D eigenvalue weighted by Crippen LogP contribution is -2.00. The second-order valence-corrected chi connectivity index (χ2v) is 15.6. The third-order valence-electron chi connectivity index (χ3n) is 11.9. The lowest BCUT2D eigenvalue weighted by atomic mass is 9.98. The average molecular weight is 778 g/mol. The first-order chi connectivity index (χ1) is 30.2. The average Bonchev–Trinajstić information content (AvgIpc) is 3.72. The maximum Gasteiger partial charge on any atom is 0.164 e. The van der Waals surface area contributed by atoms with Crippen molar-refractivity contribution in [3.63, 3.8) is 0 Å². The van der Waals surface area contributed by atoms with Crippen molar-refractivity contribution in [1.29, 1.82) is 0 Å². The van der Waals surface area contributed by atoms with E-state index >= 15 is 0 Å². The van der Waals surface area contributed by atoms with Gasteiger partial charge in [-0.25, -0.2) is 15.0 Å². The molecule has 2 heterocycles. The van der Waals surface area contributed by atoms with Gasteiger partial charge in [-0.05, 0) is 96.0 Å². The topological polar surface area (TPSA) is 51.8 Å². The SMILES string of the molecule is c1ccc(-c2cccc3oc4cc(-c5ccc(-c6nc(-c7ccc(-c8ccc9ccccc9c8)cc7)nc(-c7ccc8c(ccc9ccccc98)c7)n6)cc5)ccc4c23)cc1. The van der Waals surface area contributed by atoms with E-state index in [0.717, 1.165) is 60.7 Å². The smallest absolute Gasteiger partial charge is 0.164 e. The number of hydrogen-bond donors (Lipinski definition) is 0. The number of nitrogens with zero attached hydrogens (tertiary/aromatic N) is 3. The summed E-state index contributed by atoms with van der Waals surface area (Å²) in [6.45, 7) is 0. The number of benzene rings is 10. The highest BCUT2D eigenvalue weighted by atomic mass is 16.3. The van der Waals surface area contributed by atoms with Crippen molar-refractivity contribution in [2.75, 3.05) is 0 Å². The van der Waals surface area contributed by atoms with E-state index in [1.807, 2.05) is 12.1 Å². The minimum Gasteiger partial charge on any atom is -0.456 e. The van der Waals surface area contributed by atoms with Crippen LogP contribution in [-0.4, -0.2) is 15.0 Å². The first kappa shape index (κ1) is 34.8. The Morgan fingerprint density at radius 3 is 1.52 bits per heavy atom. The van der Waals surface area contributed by atoms with Crippen LogP contribution in [0.15, 0.2) is 217 Å². The molecule has 0 spiro atoms. The highest BCUT2D eigenvalue weighted by molar-refractivity contribution is 6.13. The van der Waals surface area contributed by atoms with E-state index in [9.17, 15) is 0 Å². The van der Waals surface area contributed by atoms with Crippen LogP contribution in [-0.2, 0) is 0 Å². The highest BCUT2D eigenvalue weighted by Gasteiger charge is 2.16. The Bertz CT molecular complexity index is 3630. The van der Waals surface area contributed by atoms with Crippen molar-refractivity contribution in [1.82, 2.24) is 15.0 Å². The van der Waals surface area contributed by atoms with Gasteiger partial charge in [0.25, 0.3) is 0 Å². The lowest BCUT2D eigenvalue weighted by molar-refractivity contribution is 0.669. The molecule has 4 heteroatoms. The van der Waals surface area contributed by atoms with E-state index in [1.54, 1.807) is 0 Å². The molecule has 0 bridgehead atoms. The van der Waals surface area contributed by atoms with Gasteiger partial charge in [0.1, 0.15) is 11.2 Å². The molecule has 12 rings (SSSR count). The van der Waals surface area contributed by atoms with E-state index in [2.05, 4.69) is 200 Å².